The van der Waals surface area contributed by atoms with E-state index < -0.39 is 9.84 Å². The van der Waals surface area contributed by atoms with Gasteiger partial charge in [0.05, 0.1) is 22.2 Å². The molecule has 36 heavy (non-hydrogen) atoms. The fraction of sp³-hybridized carbons (Fsp3) is 0.143. The van der Waals surface area contributed by atoms with Gasteiger partial charge < -0.3 is 4.74 Å². The number of unbranched alkanes of at least 4 members (excludes halogenated alkanes) is 1. The lowest BCUT2D eigenvalue weighted by Gasteiger charge is -2.09. The first-order valence-electron chi connectivity index (χ1n) is 11.4. The predicted octanol–water partition coefficient (Wildman–Crippen LogP) is 6.71. The summed E-state index contributed by atoms with van der Waals surface area (Å²) in [7, 11) is -4.01. The topological polar surface area (TPSA) is 85.0 Å². The molecule has 8 heteroatoms. The first kappa shape index (κ1) is 25.2. The van der Waals surface area contributed by atoms with E-state index >= 15 is 0 Å². The number of nitrogens with zero attached hydrogens (tertiary/aromatic N) is 3. The molecule has 0 aliphatic carbocycles. The summed E-state index contributed by atoms with van der Waals surface area (Å²) in [5.41, 5.74) is 2.40. The molecule has 0 radical (unpaired) electrons. The Morgan fingerprint density at radius 2 is 1.78 bits per heavy atom. The van der Waals surface area contributed by atoms with Crippen molar-refractivity contribution in [3.63, 3.8) is 0 Å². The largest absolute Gasteiger partial charge is 0.492 e. The van der Waals surface area contributed by atoms with Crippen molar-refractivity contribution in [2.75, 3.05) is 6.61 Å². The Kier molecular flexibility index (Phi) is 7.89. The van der Waals surface area contributed by atoms with E-state index in [-0.39, 0.29) is 9.80 Å². The molecule has 0 bridgehead atoms. The second-order valence-electron chi connectivity index (χ2n) is 8.00. The zero-order valence-corrected chi connectivity index (χ0v) is 21.2. The van der Waals surface area contributed by atoms with Crippen molar-refractivity contribution in [2.24, 2.45) is 0 Å². The van der Waals surface area contributed by atoms with Crippen LogP contribution in [0.1, 0.15) is 25.3 Å². The van der Waals surface area contributed by atoms with Crippen LogP contribution in [0.2, 0.25) is 5.02 Å². The number of rotatable bonds is 9. The molecule has 182 valence electrons. The number of ether oxygens (including phenoxy) is 1. The van der Waals surface area contributed by atoms with Crippen LogP contribution in [-0.4, -0.2) is 24.8 Å². The molecular weight excluding hydrogens is 494 g/mol. The fourth-order valence-corrected chi connectivity index (χ4v) is 4.97. The highest BCUT2D eigenvalue weighted by atomic mass is 35.5. The number of nitriles is 1. The van der Waals surface area contributed by atoms with Crippen molar-refractivity contribution >= 4 is 27.5 Å². The smallest absolute Gasteiger partial charge is 0.216 e. The third-order valence-corrected chi connectivity index (χ3v) is 7.44. The Balaban J connectivity index is 1.82. The third kappa shape index (κ3) is 5.51. The van der Waals surface area contributed by atoms with Gasteiger partial charge in [0.15, 0.2) is 0 Å². The van der Waals surface area contributed by atoms with Crippen molar-refractivity contribution < 1.29 is 13.2 Å². The second kappa shape index (κ2) is 11.3. The summed E-state index contributed by atoms with van der Waals surface area (Å²) >= 11 is 6.50. The van der Waals surface area contributed by atoms with Gasteiger partial charge in [-0.3, -0.25) is 0 Å². The van der Waals surface area contributed by atoms with Crippen molar-refractivity contribution in [1.82, 2.24) is 9.78 Å². The predicted molar refractivity (Wildman–Crippen MR) is 142 cm³/mol. The number of halogens is 1. The number of sulfone groups is 1. The molecule has 6 nitrogen and oxygen atoms in total. The molecule has 0 aliphatic heterocycles. The molecule has 0 fully saturated rings. The number of benzene rings is 3. The van der Waals surface area contributed by atoms with Gasteiger partial charge in [-0.25, -0.2) is 13.1 Å². The van der Waals surface area contributed by atoms with E-state index in [1.807, 2.05) is 42.5 Å². The van der Waals surface area contributed by atoms with Gasteiger partial charge in [-0.2, -0.15) is 10.4 Å². The molecule has 3 aromatic carbocycles. The van der Waals surface area contributed by atoms with Crippen LogP contribution in [0.3, 0.4) is 0 Å². The molecule has 1 aromatic heterocycles. The molecule has 0 saturated heterocycles. The highest BCUT2D eigenvalue weighted by molar-refractivity contribution is 7.95. The van der Waals surface area contributed by atoms with Crippen LogP contribution < -0.4 is 4.74 Å². The minimum absolute atomic E-state index is 0.0476. The highest BCUT2D eigenvalue weighted by Crippen LogP contribution is 2.33. The lowest BCUT2D eigenvalue weighted by atomic mass is 10.1. The van der Waals surface area contributed by atoms with Crippen molar-refractivity contribution in [3.05, 3.63) is 101 Å². The summed E-state index contributed by atoms with van der Waals surface area (Å²) in [6.45, 7) is 2.65. The summed E-state index contributed by atoms with van der Waals surface area (Å²) < 4.78 is 33.7. The highest BCUT2D eigenvalue weighted by Gasteiger charge is 2.22. The second-order valence-corrected chi connectivity index (χ2v) is 10.3. The first-order valence-corrected chi connectivity index (χ1v) is 13.3. The summed E-state index contributed by atoms with van der Waals surface area (Å²) in [6.07, 6.45) is 4.97. The number of para-hydroxylation sites is 1. The summed E-state index contributed by atoms with van der Waals surface area (Å²) in [6, 6.07) is 24.5. The van der Waals surface area contributed by atoms with Crippen LogP contribution in [0.15, 0.2) is 94.9 Å². The average molecular weight is 518 g/mol. The Morgan fingerprint density at radius 1 is 1.08 bits per heavy atom. The monoisotopic (exact) mass is 517 g/mol. The van der Waals surface area contributed by atoms with Gasteiger partial charge in [-0.15, -0.1) is 0 Å². The first-order chi connectivity index (χ1) is 17.4. The number of allylic oxidation sites excluding steroid dienone is 1. The Hall–Kier alpha value is -3.86. The SMILES string of the molecule is CCCCOc1ccc(-c2nn(-c3ccccc3)cc2C=C(C#N)S(=O)(=O)c2ccccc2)cc1Cl. The van der Waals surface area contributed by atoms with Crippen molar-refractivity contribution in [1.29, 1.82) is 5.26 Å². The van der Waals surface area contributed by atoms with Crippen LogP contribution in [0, 0.1) is 11.3 Å². The molecule has 0 saturated carbocycles. The van der Waals surface area contributed by atoms with Crippen LogP contribution in [0.5, 0.6) is 5.75 Å². The third-order valence-electron chi connectivity index (χ3n) is 5.46. The molecule has 0 spiro atoms. The molecule has 0 amide bonds. The minimum Gasteiger partial charge on any atom is -0.492 e. The van der Waals surface area contributed by atoms with E-state index in [0.29, 0.717) is 34.2 Å². The summed E-state index contributed by atoms with van der Waals surface area (Å²) in [5.74, 6) is 0.567. The van der Waals surface area contributed by atoms with E-state index in [0.717, 1.165) is 18.5 Å². The molecule has 4 aromatic rings. The van der Waals surface area contributed by atoms with Gasteiger partial charge >= 0.3 is 0 Å². The van der Waals surface area contributed by atoms with Crippen LogP contribution in [0.4, 0.5) is 0 Å². The summed E-state index contributed by atoms with van der Waals surface area (Å²) in [4.78, 5) is -0.334. The van der Waals surface area contributed by atoms with Gasteiger partial charge in [-0.1, -0.05) is 61.3 Å². The number of hydrogen-bond acceptors (Lipinski definition) is 5. The standard InChI is InChI=1S/C28H24ClN3O3S/c1-2-3-16-35-27-15-14-21(18-26(27)29)28-22(20-32(31-28)23-10-6-4-7-11-23)17-25(19-30)36(33,34)24-12-8-5-9-13-24/h4-15,17-18,20H,2-3,16H2,1H3. The van der Waals surface area contributed by atoms with Gasteiger partial charge in [0.25, 0.3) is 0 Å². The molecule has 4 rings (SSSR count). The molecule has 0 unspecified atom stereocenters. The minimum atomic E-state index is -4.01. The van der Waals surface area contributed by atoms with E-state index in [4.69, 9.17) is 21.4 Å². The van der Waals surface area contributed by atoms with Crippen molar-refractivity contribution in [2.45, 2.75) is 24.7 Å². The van der Waals surface area contributed by atoms with Crippen LogP contribution in [0.25, 0.3) is 23.0 Å². The molecular formula is C28H24ClN3O3S. The van der Waals surface area contributed by atoms with Crippen LogP contribution in [-0.2, 0) is 9.84 Å². The average Bonchev–Trinajstić information content (AvgIpc) is 3.33. The maximum atomic E-state index is 13.2. The van der Waals surface area contributed by atoms with E-state index in [1.54, 1.807) is 41.2 Å². The zero-order valence-electron chi connectivity index (χ0n) is 19.6. The maximum Gasteiger partial charge on any atom is 0.216 e. The molecule has 0 aliphatic rings. The number of hydrogen-bond donors (Lipinski definition) is 0. The maximum absolute atomic E-state index is 13.2. The van der Waals surface area contributed by atoms with Gasteiger partial charge in [0, 0.05) is 17.3 Å². The van der Waals surface area contributed by atoms with E-state index in [1.165, 1.54) is 18.2 Å². The molecule has 0 atom stereocenters. The Bertz CT molecular complexity index is 1520. The molecule has 1 heterocycles. The van der Waals surface area contributed by atoms with Crippen LogP contribution >= 0.6 is 11.6 Å². The van der Waals surface area contributed by atoms with E-state index in [2.05, 4.69) is 6.92 Å². The number of aromatic nitrogens is 2. The zero-order chi connectivity index (χ0) is 25.5. The van der Waals surface area contributed by atoms with Gasteiger partial charge in [0.1, 0.15) is 22.4 Å². The van der Waals surface area contributed by atoms with Crippen molar-refractivity contribution in [3.8, 4) is 28.8 Å². The lowest BCUT2D eigenvalue weighted by molar-refractivity contribution is 0.309. The molecule has 0 N–H and O–H groups in total. The normalized spacial score (nSPS) is 11.8. The Labute approximate surface area is 216 Å². The lowest BCUT2D eigenvalue weighted by Crippen LogP contribution is -2.03. The fourth-order valence-electron chi connectivity index (χ4n) is 3.56. The van der Waals surface area contributed by atoms with Gasteiger partial charge in [-0.05, 0) is 55.0 Å². The van der Waals surface area contributed by atoms with E-state index in [9.17, 15) is 13.7 Å². The quantitative estimate of drug-likeness (QED) is 0.182. The Morgan fingerprint density at radius 3 is 2.42 bits per heavy atom. The summed E-state index contributed by atoms with van der Waals surface area (Å²) in [5, 5.41) is 14.9. The van der Waals surface area contributed by atoms with Gasteiger partial charge in [0.2, 0.25) is 9.84 Å².